The van der Waals surface area contributed by atoms with Gasteiger partial charge in [0.1, 0.15) is 6.10 Å². The minimum absolute atomic E-state index is 0.0176. The van der Waals surface area contributed by atoms with Gasteiger partial charge in [0.15, 0.2) is 0 Å². The molecule has 0 aliphatic carbocycles. The molecule has 0 amide bonds. The summed E-state index contributed by atoms with van der Waals surface area (Å²) in [4.78, 5) is 26.0. The molecule has 0 aromatic heterocycles. The number of quaternary nitrogens is 1. The van der Waals surface area contributed by atoms with Crippen molar-refractivity contribution in [1.82, 2.24) is 0 Å². The second-order valence-electron chi connectivity index (χ2n) is 18.2. The topological polar surface area (TPSA) is 85.2 Å². The van der Waals surface area contributed by atoms with E-state index in [1.54, 1.807) is 0 Å². The largest absolute Gasteiger partial charge is 0.462 e. The smallest absolute Gasteiger partial charge is 0.306 e. The van der Waals surface area contributed by atoms with Gasteiger partial charge in [-0.1, -0.05) is 153 Å². The first kappa shape index (κ1) is 63.0. The van der Waals surface area contributed by atoms with Crippen molar-refractivity contribution in [2.75, 3.05) is 34.9 Å². The molecule has 0 spiro atoms. The molecule has 1 atom stereocenters. The molecule has 0 rings (SSSR count). The summed E-state index contributed by atoms with van der Waals surface area (Å²) in [6.07, 6.45) is 52.7. The van der Waals surface area contributed by atoms with Crippen LogP contribution in [0.4, 0.5) is 0 Å². The number of unbranched alkanes of at least 4 members (excludes halogenated alkanes) is 18. The number of esters is 1. The number of rotatable bonds is 38. The van der Waals surface area contributed by atoms with Crippen LogP contribution in [0.5, 0.6) is 0 Å². The van der Waals surface area contributed by atoms with Crippen LogP contribution in [0.3, 0.4) is 0 Å². The molecule has 0 aliphatic rings. The van der Waals surface area contributed by atoms with Gasteiger partial charge in [-0.2, -0.15) is 4.67 Å². The highest BCUT2D eigenvalue weighted by atomic mass is 31.2. The van der Waals surface area contributed by atoms with E-state index in [-0.39, 0.29) is 23.3 Å². The molecule has 0 saturated carbocycles. The zero-order chi connectivity index (χ0) is 45.6. The molecule has 0 saturated heterocycles. The van der Waals surface area contributed by atoms with Gasteiger partial charge in [0.05, 0.1) is 39.7 Å². The van der Waals surface area contributed by atoms with Crippen LogP contribution in [-0.4, -0.2) is 72.6 Å². The highest BCUT2D eigenvalue weighted by Crippen LogP contribution is 2.36. The molecule has 0 aromatic rings. The third-order valence-corrected chi connectivity index (χ3v) is 12.4. The number of hydrogen-bond donors (Lipinski definition) is 2. The van der Waals surface area contributed by atoms with Crippen LogP contribution >= 0.6 is 8.38 Å². The summed E-state index contributed by atoms with van der Waals surface area (Å²) in [5.41, 5.74) is 0.320. The number of ether oxygens (including phenoxy) is 1. The van der Waals surface area contributed by atoms with Gasteiger partial charge in [-0.25, -0.2) is 4.89 Å². The quantitative estimate of drug-likeness (QED) is 0.0122. The summed E-state index contributed by atoms with van der Waals surface area (Å²) in [5.74, 6) is 0.0176. The average molecular weight is 869 g/mol. The van der Waals surface area contributed by atoms with E-state index in [2.05, 4.69) is 107 Å². The van der Waals surface area contributed by atoms with Crippen LogP contribution in [0.2, 0.25) is 0 Å². The predicted octanol–water partition coefficient (Wildman–Crippen LogP) is 15.8. The minimum atomic E-state index is -1.36. The second-order valence-corrected chi connectivity index (χ2v) is 20.0. The molecule has 8 heteroatoms. The second kappa shape index (κ2) is 47.1. The minimum Gasteiger partial charge on any atom is -0.462 e. The fourth-order valence-electron chi connectivity index (χ4n) is 6.34. The van der Waals surface area contributed by atoms with Crippen molar-refractivity contribution in [3.05, 3.63) is 48.6 Å². The lowest BCUT2D eigenvalue weighted by atomic mass is 10.0. The van der Waals surface area contributed by atoms with Crippen molar-refractivity contribution in [3.63, 3.8) is 0 Å². The molecule has 1 unspecified atom stereocenters. The first-order valence-corrected chi connectivity index (χ1v) is 25.9. The first-order chi connectivity index (χ1) is 28.8. The molecule has 60 heavy (non-hydrogen) atoms. The van der Waals surface area contributed by atoms with Gasteiger partial charge >= 0.3 is 5.97 Å². The van der Waals surface area contributed by atoms with Gasteiger partial charge < -0.3 is 19.2 Å². The van der Waals surface area contributed by atoms with Crippen molar-refractivity contribution >= 4 is 14.3 Å². The molecule has 0 fully saturated rings. The molecule has 356 valence electrons. The molecule has 0 aliphatic heterocycles. The van der Waals surface area contributed by atoms with E-state index < -0.39 is 8.38 Å². The Morgan fingerprint density at radius 1 is 0.600 bits per heavy atom. The maximum atomic E-state index is 12.9. The zero-order valence-electron chi connectivity index (χ0n) is 41.7. The molecule has 2 N–H and O–H groups in total. The first-order valence-electron chi connectivity index (χ1n) is 24.6. The Bertz CT molecular complexity index is 955. The molecule has 0 heterocycles. The average Bonchev–Trinajstić information content (AvgIpc) is 3.20. The Hall–Kier alpha value is -1.34. The summed E-state index contributed by atoms with van der Waals surface area (Å²) < 4.78 is 11.5. The summed E-state index contributed by atoms with van der Waals surface area (Å²) in [5, 5.41) is 7.00. The zero-order valence-corrected chi connectivity index (χ0v) is 42.6. The number of hydrogen-bond acceptors (Lipinski definition) is 6. The Labute approximate surface area is 375 Å². The van der Waals surface area contributed by atoms with E-state index in [1.165, 1.54) is 148 Å². The summed E-state index contributed by atoms with van der Waals surface area (Å²) in [7, 11) is 5.56. The van der Waals surface area contributed by atoms with Gasteiger partial charge in [0, 0.05) is 19.2 Å². The molecular weight excluding hydrogens is 766 g/mol. The Morgan fingerprint density at radius 3 is 1.30 bits per heavy atom. The third kappa shape index (κ3) is 46.2. The van der Waals surface area contributed by atoms with Crippen molar-refractivity contribution in [2.24, 2.45) is 0 Å². The summed E-state index contributed by atoms with van der Waals surface area (Å²) in [6, 6.07) is 0. The monoisotopic (exact) mass is 869 g/mol. The third-order valence-electron chi connectivity index (χ3n) is 11.3. The fraction of sp³-hybridized carbons (Fsp3) is 0.827. The van der Waals surface area contributed by atoms with Gasteiger partial charge in [0.25, 0.3) is 0 Å². The maximum Gasteiger partial charge on any atom is 0.306 e. The van der Waals surface area contributed by atoms with E-state index in [4.69, 9.17) is 14.7 Å². The van der Waals surface area contributed by atoms with Crippen molar-refractivity contribution in [3.8, 4) is 0 Å². The summed E-state index contributed by atoms with van der Waals surface area (Å²) >= 11 is 0. The number of aliphatic hydroxyl groups excluding tert-OH is 1. The molecular formula is C52H103NO6P+. The maximum absolute atomic E-state index is 12.9. The van der Waals surface area contributed by atoms with E-state index in [0.717, 1.165) is 50.2 Å². The van der Waals surface area contributed by atoms with Crippen LogP contribution in [-0.2, 0) is 19.1 Å². The van der Waals surface area contributed by atoms with Gasteiger partial charge in [-0.15, -0.1) is 0 Å². The van der Waals surface area contributed by atoms with Gasteiger partial charge in [-0.3, -0.25) is 4.79 Å². The van der Waals surface area contributed by atoms with Gasteiger partial charge in [0.2, 0.25) is 8.38 Å². The Kier molecular flexibility index (Phi) is 49.5. The van der Waals surface area contributed by atoms with Crippen molar-refractivity contribution in [1.29, 1.82) is 0 Å². The van der Waals surface area contributed by atoms with E-state index >= 15 is 0 Å². The van der Waals surface area contributed by atoms with Crippen LogP contribution in [0.1, 0.15) is 228 Å². The van der Waals surface area contributed by atoms with Crippen molar-refractivity contribution in [2.45, 2.75) is 246 Å². The highest BCUT2D eigenvalue weighted by molar-refractivity contribution is 7.46. The molecule has 0 aromatic carbocycles. The van der Waals surface area contributed by atoms with Crippen LogP contribution in [0, 0.1) is 0 Å². The summed E-state index contributed by atoms with van der Waals surface area (Å²) in [6.45, 7) is 16.1. The number of nitrogens with zero attached hydrogens (tertiary/aromatic N) is 1. The molecule has 0 bridgehead atoms. The van der Waals surface area contributed by atoms with E-state index in [9.17, 15) is 4.79 Å². The predicted molar refractivity (Wildman–Crippen MR) is 264 cm³/mol. The fourth-order valence-corrected chi connectivity index (χ4v) is 6.67. The highest BCUT2D eigenvalue weighted by Gasteiger charge is 2.31. The standard InChI is InChI=1S/C47H88NO2.C4H11O3P.CH4O/c1-8-10-12-14-16-18-20-22-24-26-28-30-32-34-36-38-41-45(50-46(49)43-40-44-48(6,7)47(3,4)5)42-39-37-35-33-31-29-27-25-23-21-19-17-15-13-11-9-2;1-4(2)8(5)7-6-3;1-2/h16-19,22-25,45H,8-15,20-21,26-44H2,1-7H3;4-5H,1-3H3;2H,1H3/q+1;;/b18-16-,19-17-,24-22-,25-23-;;. The number of carbonyl (C=O) groups excluding carboxylic acids is 1. The van der Waals surface area contributed by atoms with Crippen LogP contribution < -0.4 is 0 Å². The number of aliphatic hydroxyl groups is 1. The normalized spacial score (nSPS) is 12.8. The molecule has 0 radical (unpaired) electrons. The lowest BCUT2D eigenvalue weighted by Gasteiger charge is -2.42. The van der Waals surface area contributed by atoms with Crippen molar-refractivity contribution < 1.29 is 33.6 Å². The lowest BCUT2D eigenvalue weighted by Crippen LogP contribution is -2.54. The van der Waals surface area contributed by atoms with E-state index in [0.29, 0.717) is 6.42 Å². The Balaban J connectivity index is -0.00000288. The van der Waals surface area contributed by atoms with Crippen LogP contribution in [0.15, 0.2) is 48.6 Å². The lowest BCUT2D eigenvalue weighted by molar-refractivity contribution is -0.935. The van der Waals surface area contributed by atoms with E-state index in [1.807, 2.05) is 13.8 Å². The SMILES string of the molecule is CCCCC/C=C\C/C=C\CCCCCCCCC(CCCCCCCC/C=C\C/C=C\CCCCC)OC(=O)CCC[N+](C)(C)C(C)(C)C.CO.COOP(O)C(C)C. The Morgan fingerprint density at radius 2 is 0.967 bits per heavy atom. The molecule has 7 nitrogen and oxygen atoms in total. The van der Waals surface area contributed by atoms with Gasteiger partial charge in [-0.05, 0) is 111 Å². The van der Waals surface area contributed by atoms with Crippen LogP contribution in [0.25, 0.3) is 0 Å². The number of carbonyl (C=O) groups is 1. The number of allylic oxidation sites excluding steroid dienone is 8.